The molecule has 0 bridgehead atoms. The highest BCUT2D eigenvalue weighted by Gasteiger charge is 2.30. The van der Waals surface area contributed by atoms with Crippen LogP contribution in [0.1, 0.15) is 44.6 Å². The second-order valence-corrected chi connectivity index (χ2v) is 8.29. The molecule has 0 atom stereocenters. The van der Waals surface area contributed by atoms with Crippen LogP contribution in [0.15, 0.2) is 72.8 Å². The lowest BCUT2D eigenvalue weighted by Crippen LogP contribution is -2.16. The maximum atomic E-state index is 12.4. The predicted octanol–water partition coefficient (Wildman–Crippen LogP) is 9.07. The van der Waals surface area contributed by atoms with Gasteiger partial charge in [0.25, 0.3) is 0 Å². The monoisotopic (exact) mass is 436 g/mol. The van der Waals surface area contributed by atoms with E-state index in [1.54, 1.807) is 12.1 Å². The molecule has 4 heteroatoms. The number of hydrogen-bond donors (Lipinski definition) is 0. The molecule has 0 aliphatic rings. The summed E-state index contributed by atoms with van der Waals surface area (Å²) in [6.07, 6.45) is 2.85. The third kappa shape index (κ3) is 5.42. The fourth-order valence-corrected chi connectivity index (χ4v) is 4.24. The number of alkyl halides is 3. The van der Waals surface area contributed by atoms with Gasteiger partial charge in [-0.05, 0) is 69.3 Å². The summed E-state index contributed by atoms with van der Waals surface area (Å²) in [6.45, 7) is 2.24. The number of ether oxygens (including phenoxy) is 1. The topological polar surface area (TPSA) is 9.23 Å². The number of hydrogen-bond acceptors (Lipinski definition) is 1. The molecule has 4 aromatic carbocycles. The summed E-state index contributed by atoms with van der Waals surface area (Å²) in [5.74, 6) is -0.214. The summed E-state index contributed by atoms with van der Waals surface area (Å²) in [5.41, 5.74) is 3.19. The number of benzene rings is 4. The van der Waals surface area contributed by atoms with Gasteiger partial charge in [-0.3, -0.25) is 0 Å². The van der Waals surface area contributed by atoms with Crippen LogP contribution in [-0.2, 0) is 6.42 Å². The Labute approximate surface area is 186 Å². The Hall–Kier alpha value is -3.01. The molecule has 0 fully saturated rings. The minimum atomic E-state index is -4.68. The molecule has 0 heterocycles. The maximum absolute atomic E-state index is 12.4. The zero-order chi connectivity index (χ0) is 22.6. The first-order valence-corrected chi connectivity index (χ1v) is 11.2. The van der Waals surface area contributed by atoms with Crippen molar-refractivity contribution < 1.29 is 17.9 Å². The van der Waals surface area contributed by atoms with Crippen molar-refractivity contribution in [2.45, 2.75) is 51.8 Å². The van der Waals surface area contributed by atoms with Gasteiger partial charge in [0, 0.05) is 0 Å². The van der Waals surface area contributed by atoms with E-state index >= 15 is 0 Å². The molecule has 4 aromatic rings. The molecular weight excluding hydrogens is 409 g/mol. The molecule has 1 nitrogen and oxygen atoms in total. The molecule has 32 heavy (non-hydrogen) atoms. The fourth-order valence-electron chi connectivity index (χ4n) is 4.24. The molecule has 0 saturated heterocycles. The maximum Gasteiger partial charge on any atom is 0.573 e. The normalized spacial score (nSPS) is 11.9. The lowest BCUT2D eigenvalue weighted by molar-refractivity contribution is -0.274. The minimum Gasteiger partial charge on any atom is -0.406 e. The molecule has 4 rings (SSSR count). The van der Waals surface area contributed by atoms with E-state index in [2.05, 4.69) is 54.1 Å². The van der Waals surface area contributed by atoms with Gasteiger partial charge in [0.15, 0.2) is 0 Å². The number of halogens is 3. The Bertz CT molecular complexity index is 1190. The summed E-state index contributed by atoms with van der Waals surface area (Å²) in [7, 11) is 0. The molecule has 0 aliphatic heterocycles. The zero-order valence-electron chi connectivity index (χ0n) is 18.2. The van der Waals surface area contributed by atoms with E-state index in [0.717, 1.165) is 22.9 Å². The average molecular weight is 437 g/mol. The smallest absolute Gasteiger partial charge is 0.406 e. The van der Waals surface area contributed by atoms with Gasteiger partial charge < -0.3 is 4.74 Å². The van der Waals surface area contributed by atoms with E-state index in [1.165, 1.54) is 66.0 Å². The van der Waals surface area contributed by atoms with Crippen LogP contribution in [0.25, 0.3) is 32.7 Å². The number of fused-ring (bicyclic) bond motifs is 3. The first-order valence-electron chi connectivity index (χ1n) is 11.2. The van der Waals surface area contributed by atoms with Gasteiger partial charge in [-0.1, -0.05) is 87.2 Å². The lowest BCUT2D eigenvalue weighted by atomic mass is 9.95. The van der Waals surface area contributed by atoms with Crippen LogP contribution < -0.4 is 4.74 Å². The van der Waals surface area contributed by atoms with Crippen LogP contribution in [0.4, 0.5) is 13.2 Å². The highest BCUT2D eigenvalue weighted by molar-refractivity contribution is 6.08. The first kappa shape index (κ1) is 22.2. The standard InChI is InChI=1S/C28H27F3O/c1-2-3-4-5-6-7-20-8-16-26-23(18-20)9-10-24-19-22(13-17-27(24)26)21-11-14-25(15-12-21)32-28(29,30)31/h8-19H,2-7H2,1H3. The van der Waals surface area contributed by atoms with Gasteiger partial charge in [-0.15, -0.1) is 13.2 Å². The van der Waals surface area contributed by atoms with Gasteiger partial charge in [0.2, 0.25) is 0 Å². The van der Waals surface area contributed by atoms with Crippen molar-refractivity contribution in [3.8, 4) is 16.9 Å². The van der Waals surface area contributed by atoms with E-state index in [-0.39, 0.29) is 5.75 Å². The van der Waals surface area contributed by atoms with Gasteiger partial charge in [0.1, 0.15) is 5.75 Å². The van der Waals surface area contributed by atoms with Crippen LogP contribution in [-0.4, -0.2) is 6.36 Å². The zero-order valence-corrected chi connectivity index (χ0v) is 18.2. The predicted molar refractivity (Wildman–Crippen MR) is 126 cm³/mol. The number of rotatable bonds is 8. The van der Waals surface area contributed by atoms with Gasteiger partial charge >= 0.3 is 6.36 Å². The van der Waals surface area contributed by atoms with Crippen molar-refractivity contribution in [3.63, 3.8) is 0 Å². The van der Waals surface area contributed by atoms with Gasteiger partial charge in [-0.2, -0.15) is 0 Å². The minimum absolute atomic E-state index is 0.214. The summed E-state index contributed by atoms with van der Waals surface area (Å²) in [5, 5.41) is 4.75. The second kappa shape index (κ2) is 9.64. The van der Waals surface area contributed by atoms with Crippen molar-refractivity contribution in [1.29, 1.82) is 0 Å². The molecule has 0 unspecified atom stereocenters. The lowest BCUT2D eigenvalue weighted by Gasteiger charge is -2.11. The van der Waals surface area contributed by atoms with Crippen LogP contribution in [0, 0.1) is 0 Å². The highest BCUT2D eigenvalue weighted by Crippen LogP contribution is 2.32. The summed E-state index contributed by atoms with van der Waals surface area (Å²) in [6, 6.07) is 23.2. The quantitative estimate of drug-likeness (QED) is 0.198. The Kier molecular flexibility index (Phi) is 6.69. The molecule has 0 saturated carbocycles. The number of aryl methyl sites for hydroxylation is 1. The molecule has 0 radical (unpaired) electrons. The number of unbranched alkanes of at least 4 members (excludes halogenated alkanes) is 4. The molecular formula is C28H27F3O. The van der Waals surface area contributed by atoms with Crippen molar-refractivity contribution in [3.05, 3.63) is 78.4 Å². The Morgan fingerprint density at radius 2 is 1.28 bits per heavy atom. The molecule has 166 valence electrons. The van der Waals surface area contributed by atoms with Crippen LogP contribution in [0.3, 0.4) is 0 Å². The summed E-state index contributed by atoms with van der Waals surface area (Å²) < 4.78 is 41.1. The largest absolute Gasteiger partial charge is 0.573 e. The van der Waals surface area contributed by atoms with Crippen molar-refractivity contribution in [1.82, 2.24) is 0 Å². The molecule has 0 aliphatic carbocycles. The fraction of sp³-hybridized carbons (Fsp3) is 0.286. The van der Waals surface area contributed by atoms with Crippen molar-refractivity contribution in [2.75, 3.05) is 0 Å². The van der Waals surface area contributed by atoms with E-state index in [1.807, 2.05) is 6.07 Å². The van der Waals surface area contributed by atoms with E-state index in [0.29, 0.717) is 0 Å². The van der Waals surface area contributed by atoms with Gasteiger partial charge in [0.05, 0.1) is 0 Å². The van der Waals surface area contributed by atoms with Gasteiger partial charge in [-0.25, -0.2) is 0 Å². The third-order valence-electron chi connectivity index (χ3n) is 5.89. The summed E-state index contributed by atoms with van der Waals surface area (Å²) in [4.78, 5) is 0. The molecule has 0 amide bonds. The second-order valence-electron chi connectivity index (χ2n) is 8.29. The van der Waals surface area contributed by atoms with Crippen molar-refractivity contribution in [2.24, 2.45) is 0 Å². The van der Waals surface area contributed by atoms with Crippen molar-refractivity contribution >= 4 is 21.5 Å². The Morgan fingerprint density at radius 3 is 1.97 bits per heavy atom. The highest BCUT2D eigenvalue weighted by atomic mass is 19.4. The molecule has 0 aromatic heterocycles. The molecule has 0 spiro atoms. The Balaban J connectivity index is 1.54. The molecule has 0 N–H and O–H groups in total. The van der Waals surface area contributed by atoms with E-state index in [9.17, 15) is 13.2 Å². The van der Waals surface area contributed by atoms with Crippen LogP contribution in [0.5, 0.6) is 5.75 Å². The first-order chi connectivity index (χ1) is 15.4. The van der Waals surface area contributed by atoms with E-state index < -0.39 is 6.36 Å². The SMILES string of the molecule is CCCCCCCc1ccc2c(ccc3cc(-c4ccc(OC(F)(F)F)cc4)ccc32)c1. The van der Waals surface area contributed by atoms with Crippen LogP contribution in [0.2, 0.25) is 0 Å². The third-order valence-corrected chi connectivity index (χ3v) is 5.89. The van der Waals surface area contributed by atoms with Crippen LogP contribution >= 0.6 is 0 Å². The average Bonchev–Trinajstić information content (AvgIpc) is 2.78. The Morgan fingerprint density at radius 1 is 0.656 bits per heavy atom. The van der Waals surface area contributed by atoms with E-state index in [4.69, 9.17) is 0 Å². The summed E-state index contributed by atoms with van der Waals surface area (Å²) >= 11 is 0.